The number of hydrogen-bond donors (Lipinski definition) is 2. The molecule has 16 heavy (non-hydrogen) atoms. The number of carboxylic acid groups (broad SMARTS) is 1. The fourth-order valence-corrected chi connectivity index (χ4v) is 2.15. The molecule has 0 aromatic carbocycles. The molecule has 1 saturated heterocycles. The lowest BCUT2D eigenvalue weighted by Gasteiger charge is -2.22. The van der Waals surface area contributed by atoms with Crippen LogP contribution >= 0.6 is 0 Å². The number of rotatable bonds is 5. The van der Waals surface area contributed by atoms with Crippen LogP contribution in [-0.2, 0) is 4.79 Å². The number of nitrogens with zero attached hydrogens (tertiary/aromatic N) is 1. The topological polar surface area (TPSA) is 60.8 Å². The second-order valence-corrected chi connectivity index (χ2v) is 5.04. The number of hydrogen-bond acceptors (Lipinski definition) is 3. The van der Waals surface area contributed by atoms with Gasteiger partial charge in [-0.05, 0) is 52.1 Å². The summed E-state index contributed by atoms with van der Waals surface area (Å²) in [6.07, 6.45) is 4.69. The highest BCUT2D eigenvalue weighted by molar-refractivity contribution is 5.66. The summed E-state index contributed by atoms with van der Waals surface area (Å²) in [5.41, 5.74) is -0.504. The first-order valence-electron chi connectivity index (χ1n) is 6.16. The monoisotopic (exact) mass is 229 g/mol. The molecule has 4 heteroatoms. The molecule has 0 aromatic heterocycles. The van der Waals surface area contributed by atoms with E-state index in [-0.39, 0.29) is 6.42 Å². The lowest BCUT2D eigenvalue weighted by atomic mass is 9.98. The molecule has 0 aromatic rings. The Kier molecular flexibility index (Phi) is 5.22. The molecule has 0 saturated carbocycles. The van der Waals surface area contributed by atoms with Crippen LogP contribution in [0.15, 0.2) is 0 Å². The molecule has 94 valence electrons. The Balaban J connectivity index is 2.15. The van der Waals surface area contributed by atoms with E-state index in [1.807, 2.05) is 6.92 Å². The van der Waals surface area contributed by atoms with E-state index in [0.717, 1.165) is 51.7 Å². The molecule has 0 spiro atoms. The molecule has 1 fully saturated rings. The van der Waals surface area contributed by atoms with E-state index in [0.29, 0.717) is 0 Å². The SMILES string of the molecule is CC1(O)CCCN(CCCCC(=O)O)CC1. The Morgan fingerprint density at radius 2 is 2.06 bits per heavy atom. The van der Waals surface area contributed by atoms with Crippen molar-refractivity contribution in [3.8, 4) is 0 Å². The van der Waals surface area contributed by atoms with Gasteiger partial charge in [-0.15, -0.1) is 0 Å². The van der Waals surface area contributed by atoms with Crippen LogP contribution in [0.2, 0.25) is 0 Å². The molecular formula is C12H23NO3. The van der Waals surface area contributed by atoms with Crippen LogP contribution in [0.5, 0.6) is 0 Å². The highest BCUT2D eigenvalue weighted by Crippen LogP contribution is 2.21. The summed E-state index contributed by atoms with van der Waals surface area (Å²) in [6, 6.07) is 0. The summed E-state index contributed by atoms with van der Waals surface area (Å²) in [6.45, 7) is 4.83. The van der Waals surface area contributed by atoms with E-state index < -0.39 is 11.6 Å². The number of carboxylic acids is 1. The second kappa shape index (κ2) is 6.21. The van der Waals surface area contributed by atoms with Crippen molar-refractivity contribution < 1.29 is 15.0 Å². The number of carbonyl (C=O) groups is 1. The number of aliphatic carboxylic acids is 1. The van der Waals surface area contributed by atoms with Crippen molar-refractivity contribution >= 4 is 5.97 Å². The first-order chi connectivity index (χ1) is 7.49. The molecule has 0 amide bonds. The lowest BCUT2D eigenvalue weighted by molar-refractivity contribution is -0.137. The fraction of sp³-hybridized carbons (Fsp3) is 0.917. The van der Waals surface area contributed by atoms with Crippen molar-refractivity contribution in [3.05, 3.63) is 0 Å². The maximum Gasteiger partial charge on any atom is 0.303 e. The van der Waals surface area contributed by atoms with Gasteiger partial charge in [-0.1, -0.05) is 0 Å². The van der Waals surface area contributed by atoms with Gasteiger partial charge in [0.15, 0.2) is 0 Å². The van der Waals surface area contributed by atoms with Crippen LogP contribution in [0.25, 0.3) is 0 Å². The molecule has 1 atom stereocenters. The predicted octanol–water partition coefficient (Wildman–Crippen LogP) is 1.48. The van der Waals surface area contributed by atoms with Gasteiger partial charge >= 0.3 is 5.97 Å². The summed E-state index contributed by atoms with van der Waals surface area (Å²) in [5, 5.41) is 18.4. The van der Waals surface area contributed by atoms with Crippen LogP contribution in [0.4, 0.5) is 0 Å². The van der Waals surface area contributed by atoms with Crippen LogP contribution in [0.3, 0.4) is 0 Å². The Hall–Kier alpha value is -0.610. The van der Waals surface area contributed by atoms with E-state index in [4.69, 9.17) is 5.11 Å². The lowest BCUT2D eigenvalue weighted by Crippen LogP contribution is -2.29. The summed E-state index contributed by atoms with van der Waals surface area (Å²) in [5.74, 6) is -0.709. The van der Waals surface area contributed by atoms with Gasteiger partial charge in [0, 0.05) is 13.0 Å². The average Bonchev–Trinajstić information content (AvgIpc) is 2.34. The maximum atomic E-state index is 10.3. The molecule has 4 nitrogen and oxygen atoms in total. The summed E-state index contributed by atoms with van der Waals surface area (Å²) in [4.78, 5) is 12.7. The van der Waals surface area contributed by atoms with Crippen molar-refractivity contribution in [1.29, 1.82) is 0 Å². The quantitative estimate of drug-likeness (QED) is 0.701. The van der Waals surface area contributed by atoms with Crippen molar-refractivity contribution in [2.45, 2.75) is 51.0 Å². The zero-order chi connectivity index (χ0) is 12.0. The molecule has 0 aliphatic carbocycles. The Morgan fingerprint density at radius 3 is 2.75 bits per heavy atom. The number of likely N-dealkylation sites (tertiary alicyclic amines) is 1. The van der Waals surface area contributed by atoms with Crippen molar-refractivity contribution in [3.63, 3.8) is 0 Å². The molecule has 1 aliphatic heterocycles. The summed E-state index contributed by atoms with van der Waals surface area (Å²) < 4.78 is 0. The molecule has 0 radical (unpaired) electrons. The first-order valence-corrected chi connectivity index (χ1v) is 6.16. The minimum Gasteiger partial charge on any atom is -0.481 e. The molecule has 0 bridgehead atoms. The van der Waals surface area contributed by atoms with Gasteiger partial charge in [-0.3, -0.25) is 4.79 Å². The van der Waals surface area contributed by atoms with Crippen LogP contribution in [-0.4, -0.2) is 46.3 Å². The van der Waals surface area contributed by atoms with Crippen molar-refractivity contribution in [1.82, 2.24) is 4.90 Å². The third kappa shape index (κ3) is 5.47. The van der Waals surface area contributed by atoms with Gasteiger partial charge < -0.3 is 15.1 Å². The highest BCUT2D eigenvalue weighted by Gasteiger charge is 2.24. The van der Waals surface area contributed by atoms with E-state index >= 15 is 0 Å². The minimum atomic E-state index is -0.709. The zero-order valence-electron chi connectivity index (χ0n) is 10.1. The van der Waals surface area contributed by atoms with Gasteiger partial charge in [-0.25, -0.2) is 0 Å². The molecule has 1 aliphatic rings. The molecular weight excluding hydrogens is 206 g/mol. The maximum absolute atomic E-state index is 10.3. The van der Waals surface area contributed by atoms with E-state index in [1.54, 1.807) is 0 Å². The molecule has 1 unspecified atom stereocenters. The van der Waals surface area contributed by atoms with Gasteiger partial charge in [0.25, 0.3) is 0 Å². The normalized spacial score (nSPS) is 27.6. The smallest absolute Gasteiger partial charge is 0.303 e. The van der Waals surface area contributed by atoms with Crippen LogP contribution in [0.1, 0.15) is 45.4 Å². The van der Waals surface area contributed by atoms with Crippen LogP contribution in [0, 0.1) is 0 Å². The van der Waals surface area contributed by atoms with Gasteiger partial charge in [0.2, 0.25) is 0 Å². The fourth-order valence-electron chi connectivity index (χ4n) is 2.15. The first kappa shape index (κ1) is 13.5. The Bertz CT molecular complexity index is 228. The number of unbranched alkanes of at least 4 members (excludes halogenated alkanes) is 1. The second-order valence-electron chi connectivity index (χ2n) is 5.04. The Labute approximate surface area is 97.3 Å². The summed E-state index contributed by atoms with van der Waals surface area (Å²) in [7, 11) is 0. The van der Waals surface area contributed by atoms with Crippen molar-refractivity contribution in [2.24, 2.45) is 0 Å². The van der Waals surface area contributed by atoms with Crippen molar-refractivity contribution in [2.75, 3.05) is 19.6 Å². The van der Waals surface area contributed by atoms with Gasteiger partial charge in [-0.2, -0.15) is 0 Å². The van der Waals surface area contributed by atoms with E-state index in [9.17, 15) is 9.90 Å². The van der Waals surface area contributed by atoms with Crippen LogP contribution < -0.4 is 0 Å². The number of aliphatic hydroxyl groups is 1. The third-order valence-electron chi connectivity index (χ3n) is 3.27. The minimum absolute atomic E-state index is 0.269. The average molecular weight is 229 g/mol. The highest BCUT2D eigenvalue weighted by atomic mass is 16.4. The zero-order valence-corrected chi connectivity index (χ0v) is 10.1. The summed E-state index contributed by atoms with van der Waals surface area (Å²) >= 11 is 0. The third-order valence-corrected chi connectivity index (χ3v) is 3.27. The van der Waals surface area contributed by atoms with Gasteiger partial charge in [0.1, 0.15) is 0 Å². The molecule has 2 N–H and O–H groups in total. The van der Waals surface area contributed by atoms with E-state index in [2.05, 4.69) is 4.90 Å². The van der Waals surface area contributed by atoms with E-state index in [1.165, 1.54) is 0 Å². The Morgan fingerprint density at radius 1 is 1.31 bits per heavy atom. The molecule has 1 heterocycles. The van der Waals surface area contributed by atoms with Gasteiger partial charge in [0.05, 0.1) is 5.60 Å². The predicted molar refractivity (Wildman–Crippen MR) is 62.4 cm³/mol. The standard InChI is InChI=1S/C12H23NO3/c1-12(16)6-4-9-13(10-7-12)8-3-2-5-11(14)15/h16H,2-10H2,1H3,(H,14,15). The largest absolute Gasteiger partial charge is 0.481 e. The molecule has 1 rings (SSSR count).